The monoisotopic (exact) mass is 261 g/mol. The van der Waals surface area contributed by atoms with Gasteiger partial charge in [0.2, 0.25) is 0 Å². The van der Waals surface area contributed by atoms with Crippen molar-refractivity contribution in [2.24, 2.45) is 0 Å². The second-order valence-electron chi connectivity index (χ2n) is 4.40. The van der Waals surface area contributed by atoms with Crippen molar-refractivity contribution in [2.45, 2.75) is 6.61 Å². The summed E-state index contributed by atoms with van der Waals surface area (Å²) in [5.74, 6) is 0. The van der Waals surface area contributed by atoms with E-state index in [-0.39, 0.29) is 6.61 Å². The van der Waals surface area contributed by atoms with Crippen LogP contribution in [-0.4, -0.2) is 19.2 Å². The van der Waals surface area contributed by atoms with Gasteiger partial charge < -0.3 is 10.0 Å². The summed E-state index contributed by atoms with van der Waals surface area (Å²) in [6.45, 7) is -0.00861. The Morgan fingerprint density at radius 2 is 1.72 bits per heavy atom. The minimum Gasteiger partial charge on any atom is -0.392 e. The first-order chi connectivity index (χ1) is 8.61. The fourth-order valence-corrected chi connectivity index (χ4v) is 2.11. The van der Waals surface area contributed by atoms with Crippen molar-refractivity contribution in [2.75, 3.05) is 19.0 Å². The zero-order valence-corrected chi connectivity index (χ0v) is 11.3. The van der Waals surface area contributed by atoms with Gasteiger partial charge in [-0.3, -0.25) is 0 Å². The van der Waals surface area contributed by atoms with E-state index in [0.717, 1.165) is 22.4 Å². The third-order valence-electron chi connectivity index (χ3n) is 2.93. The first-order valence-electron chi connectivity index (χ1n) is 5.79. The van der Waals surface area contributed by atoms with Gasteiger partial charge in [-0.25, -0.2) is 0 Å². The van der Waals surface area contributed by atoms with E-state index in [4.69, 9.17) is 11.6 Å². The van der Waals surface area contributed by atoms with Crippen molar-refractivity contribution in [3.63, 3.8) is 0 Å². The average molecular weight is 262 g/mol. The molecule has 0 saturated carbocycles. The maximum atomic E-state index is 9.38. The Morgan fingerprint density at radius 1 is 1.06 bits per heavy atom. The third kappa shape index (κ3) is 2.66. The van der Waals surface area contributed by atoms with E-state index in [1.54, 1.807) is 6.07 Å². The minimum absolute atomic E-state index is 0.00861. The molecule has 2 aromatic carbocycles. The topological polar surface area (TPSA) is 23.5 Å². The molecule has 0 atom stereocenters. The summed E-state index contributed by atoms with van der Waals surface area (Å²) in [5, 5.41) is 10.0. The van der Waals surface area contributed by atoms with E-state index < -0.39 is 0 Å². The van der Waals surface area contributed by atoms with Gasteiger partial charge in [-0.05, 0) is 41.0 Å². The lowest BCUT2D eigenvalue weighted by Crippen LogP contribution is -2.07. The van der Waals surface area contributed by atoms with Crippen molar-refractivity contribution < 1.29 is 5.11 Å². The molecule has 3 heteroatoms. The van der Waals surface area contributed by atoms with E-state index in [1.807, 2.05) is 26.2 Å². The van der Waals surface area contributed by atoms with Crippen LogP contribution in [0, 0.1) is 0 Å². The van der Waals surface area contributed by atoms with Crippen LogP contribution < -0.4 is 4.90 Å². The zero-order chi connectivity index (χ0) is 13.1. The van der Waals surface area contributed by atoms with E-state index in [1.165, 1.54) is 0 Å². The molecule has 0 heterocycles. The van der Waals surface area contributed by atoms with Gasteiger partial charge in [0.15, 0.2) is 0 Å². The van der Waals surface area contributed by atoms with Gasteiger partial charge in [-0.1, -0.05) is 29.8 Å². The second kappa shape index (κ2) is 5.42. The largest absolute Gasteiger partial charge is 0.392 e. The highest BCUT2D eigenvalue weighted by Gasteiger charge is 2.05. The number of anilines is 1. The van der Waals surface area contributed by atoms with Gasteiger partial charge in [-0.15, -0.1) is 0 Å². The molecule has 18 heavy (non-hydrogen) atoms. The summed E-state index contributed by atoms with van der Waals surface area (Å²) >= 11 is 5.93. The number of nitrogens with zero attached hydrogens (tertiary/aromatic N) is 1. The van der Waals surface area contributed by atoms with Crippen molar-refractivity contribution in [3.05, 3.63) is 53.1 Å². The molecule has 0 aliphatic rings. The number of aliphatic hydroxyl groups excluding tert-OH is 1. The smallest absolute Gasteiger partial charge is 0.0688 e. The number of hydrogen-bond acceptors (Lipinski definition) is 2. The molecule has 2 aromatic rings. The predicted molar refractivity (Wildman–Crippen MR) is 77.1 cm³/mol. The maximum absolute atomic E-state index is 9.38. The quantitative estimate of drug-likeness (QED) is 0.913. The van der Waals surface area contributed by atoms with Crippen molar-refractivity contribution in [1.82, 2.24) is 0 Å². The highest BCUT2D eigenvalue weighted by Crippen LogP contribution is 2.28. The molecule has 0 aromatic heterocycles. The van der Waals surface area contributed by atoms with Crippen LogP contribution in [0.25, 0.3) is 11.1 Å². The van der Waals surface area contributed by atoms with Gasteiger partial charge in [0.25, 0.3) is 0 Å². The van der Waals surface area contributed by atoms with Crippen LogP contribution >= 0.6 is 11.6 Å². The Bertz CT molecular complexity index is 535. The van der Waals surface area contributed by atoms with Crippen molar-refractivity contribution in [1.29, 1.82) is 0 Å². The number of halogens is 1. The summed E-state index contributed by atoms with van der Waals surface area (Å²) in [5.41, 5.74) is 4.10. The fraction of sp³-hybridized carbons (Fsp3) is 0.200. The van der Waals surface area contributed by atoms with Crippen LogP contribution in [-0.2, 0) is 6.61 Å². The van der Waals surface area contributed by atoms with Gasteiger partial charge in [0, 0.05) is 24.8 Å². The summed E-state index contributed by atoms with van der Waals surface area (Å²) in [6.07, 6.45) is 0. The lowest BCUT2D eigenvalue weighted by Gasteiger charge is -2.14. The number of hydrogen-bond donors (Lipinski definition) is 1. The van der Waals surface area contributed by atoms with Gasteiger partial charge in [0.05, 0.1) is 6.61 Å². The summed E-state index contributed by atoms with van der Waals surface area (Å²) < 4.78 is 0. The molecule has 0 spiro atoms. The molecule has 0 fully saturated rings. The van der Waals surface area contributed by atoms with Crippen molar-refractivity contribution >= 4 is 17.3 Å². The number of rotatable bonds is 3. The average Bonchev–Trinajstić information content (AvgIpc) is 2.38. The Morgan fingerprint density at radius 3 is 2.28 bits per heavy atom. The molecule has 0 radical (unpaired) electrons. The van der Waals surface area contributed by atoms with Crippen LogP contribution in [0.15, 0.2) is 42.5 Å². The standard InChI is InChI=1S/C15H16ClNO/c1-17(2)14-6-3-11(4-7-14)15-8-5-13(16)9-12(15)10-18/h3-9,18H,10H2,1-2H3. The summed E-state index contributed by atoms with van der Waals surface area (Å²) in [4.78, 5) is 2.05. The SMILES string of the molecule is CN(C)c1ccc(-c2ccc(Cl)cc2CO)cc1. The van der Waals surface area contributed by atoms with E-state index >= 15 is 0 Å². The molecule has 0 amide bonds. The first-order valence-corrected chi connectivity index (χ1v) is 6.16. The Balaban J connectivity index is 2.42. The second-order valence-corrected chi connectivity index (χ2v) is 4.84. The molecule has 0 aliphatic heterocycles. The molecule has 2 rings (SSSR count). The molecular formula is C15H16ClNO. The van der Waals surface area contributed by atoms with Crippen LogP contribution in [0.1, 0.15) is 5.56 Å². The normalized spacial score (nSPS) is 10.4. The first kappa shape index (κ1) is 12.9. The van der Waals surface area contributed by atoms with Gasteiger partial charge in [-0.2, -0.15) is 0 Å². The van der Waals surface area contributed by atoms with Crippen LogP contribution in [0.2, 0.25) is 5.02 Å². The zero-order valence-electron chi connectivity index (χ0n) is 10.5. The lowest BCUT2D eigenvalue weighted by atomic mass is 10.00. The number of aliphatic hydroxyl groups is 1. The molecule has 94 valence electrons. The fourth-order valence-electron chi connectivity index (χ4n) is 1.91. The molecule has 1 N–H and O–H groups in total. The highest BCUT2D eigenvalue weighted by atomic mass is 35.5. The van der Waals surface area contributed by atoms with E-state index in [9.17, 15) is 5.11 Å². The highest BCUT2D eigenvalue weighted by molar-refractivity contribution is 6.30. The Labute approximate surface area is 112 Å². The predicted octanol–water partition coefficient (Wildman–Crippen LogP) is 3.57. The molecular weight excluding hydrogens is 246 g/mol. The van der Waals surface area contributed by atoms with Crippen LogP contribution in [0.4, 0.5) is 5.69 Å². The number of benzene rings is 2. The minimum atomic E-state index is -0.00861. The lowest BCUT2D eigenvalue weighted by molar-refractivity contribution is 0.282. The molecule has 0 aliphatic carbocycles. The van der Waals surface area contributed by atoms with Crippen molar-refractivity contribution in [3.8, 4) is 11.1 Å². The Hall–Kier alpha value is -1.51. The van der Waals surface area contributed by atoms with E-state index in [0.29, 0.717) is 5.02 Å². The van der Waals surface area contributed by atoms with Gasteiger partial charge >= 0.3 is 0 Å². The summed E-state index contributed by atoms with van der Waals surface area (Å²) in [7, 11) is 4.02. The molecule has 2 nitrogen and oxygen atoms in total. The molecule has 0 bridgehead atoms. The molecule has 0 saturated heterocycles. The van der Waals surface area contributed by atoms with Gasteiger partial charge in [0.1, 0.15) is 0 Å². The van der Waals surface area contributed by atoms with Crippen LogP contribution in [0.5, 0.6) is 0 Å². The van der Waals surface area contributed by atoms with E-state index in [2.05, 4.69) is 29.2 Å². The maximum Gasteiger partial charge on any atom is 0.0688 e. The summed E-state index contributed by atoms with van der Waals surface area (Å²) in [6, 6.07) is 13.8. The van der Waals surface area contributed by atoms with Crippen LogP contribution in [0.3, 0.4) is 0 Å². The third-order valence-corrected chi connectivity index (χ3v) is 3.17. The Kier molecular flexibility index (Phi) is 3.90. The molecule has 0 unspecified atom stereocenters.